The highest BCUT2D eigenvalue weighted by atomic mass is 32.1. The van der Waals surface area contributed by atoms with Crippen LogP contribution in [-0.2, 0) is 11.8 Å². The van der Waals surface area contributed by atoms with E-state index in [2.05, 4.69) is 16.0 Å². The number of nitrogens with one attached hydrogen (secondary N) is 2. The molecule has 2 heterocycles. The van der Waals surface area contributed by atoms with Gasteiger partial charge in [-0.3, -0.25) is 25.2 Å². The van der Waals surface area contributed by atoms with Gasteiger partial charge in [-0.2, -0.15) is 5.10 Å². The predicted octanol–water partition coefficient (Wildman–Crippen LogP) is 1.47. The number of hydrazine groups is 1. The second kappa shape index (κ2) is 7.10. The van der Waals surface area contributed by atoms with E-state index < -0.39 is 11.8 Å². The number of aryl methyl sites for hydroxylation is 1. The minimum atomic E-state index is -0.607. The van der Waals surface area contributed by atoms with Crippen LogP contribution in [0.15, 0.2) is 52.6 Å². The van der Waals surface area contributed by atoms with Gasteiger partial charge >= 0.3 is 0 Å². The first-order valence-corrected chi connectivity index (χ1v) is 8.22. The van der Waals surface area contributed by atoms with E-state index in [9.17, 15) is 14.4 Å². The Balaban J connectivity index is 1.76. The first-order valence-electron chi connectivity index (χ1n) is 7.34. The number of fused-ring (bicyclic) bond motifs is 1. The fourth-order valence-corrected chi connectivity index (χ4v) is 2.85. The van der Waals surface area contributed by atoms with Gasteiger partial charge in [-0.05, 0) is 23.6 Å². The van der Waals surface area contributed by atoms with Crippen molar-refractivity contribution in [1.29, 1.82) is 0 Å². The first kappa shape index (κ1) is 16.6. The van der Waals surface area contributed by atoms with Gasteiger partial charge in [-0.15, -0.1) is 11.3 Å². The van der Waals surface area contributed by atoms with Crippen molar-refractivity contribution >= 4 is 40.0 Å². The van der Waals surface area contributed by atoms with Crippen LogP contribution in [0.25, 0.3) is 16.8 Å². The minimum absolute atomic E-state index is 0.0558. The highest BCUT2D eigenvalue weighted by Crippen LogP contribution is 2.12. The Kier molecular flexibility index (Phi) is 4.71. The van der Waals surface area contributed by atoms with E-state index in [1.807, 2.05) is 17.5 Å². The van der Waals surface area contributed by atoms with Crippen molar-refractivity contribution in [1.82, 2.24) is 20.6 Å². The number of hydrogen-bond acceptors (Lipinski definition) is 5. The highest BCUT2D eigenvalue weighted by Gasteiger charge is 2.15. The number of benzene rings is 1. The maximum Gasteiger partial charge on any atom is 0.290 e. The van der Waals surface area contributed by atoms with Gasteiger partial charge in [-0.1, -0.05) is 24.3 Å². The molecule has 0 aliphatic rings. The van der Waals surface area contributed by atoms with Crippen molar-refractivity contribution in [3.05, 3.63) is 68.8 Å². The Bertz CT molecular complexity index is 1020. The number of aromatic nitrogens is 2. The number of rotatable bonds is 3. The molecule has 0 saturated carbocycles. The molecule has 1 aromatic carbocycles. The summed E-state index contributed by atoms with van der Waals surface area (Å²) in [4.78, 5) is 37.1. The molecule has 0 fully saturated rings. The second-order valence-electron chi connectivity index (χ2n) is 5.12. The van der Waals surface area contributed by atoms with Crippen LogP contribution in [0.3, 0.4) is 0 Å². The maximum absolute atomic E-state index is 12.3. The summed E-state index contributed by atoms with van der Waals surface area (Å²) in [5, 5.41) is 6.69. The van der Waals surface area contributed by atoms with Gasteiger partial charge in [0.05, 0.1) is 5.39 Å². The molecule has 0 unspecified atom stereocenters. The molecule has 8 heteroatoms. The lowest BCUT2D eigenvalue weighted by Gasteiger charge is -2.08. The van der Waals surface area contributed by atoms with Crippen molar-refractivity contribution in [3.8, 4) is 0 Å². The van der Waals surface area contributed by atoms with Gasteiger partial charge in [0.15, 0.2) is 5.69 Å². The van der Waals surface area contributed by atoms with Gasteiger partial charge < -0.3 is 0 Å². The van der Waals surface area contributed by atoms with E-state index in [1.165, 1.54) is 24.5 Å². The zero-order valence-corrected chi connectivity index (χ0v) is 14.0. The van der Waals surface area contributed by atoms with Gasteiger partial charge in [0, 0.05) is 23.4 Å². The van der Waals surface area contributed by atoms with Crippen LogP contribution in [0.2, 0.25) is 0 Å². The molecule has 0 spiro atoms. The van der Waals surface area contributed by atoms with Crippen LogP contribution < -0.4 is 16.4 Å². The smallest absolute Gasteiger partial charge is 0.268 e. The molecule has 0 bridgehead atoms. The Hall–Kier alpha value is -3.26. The summed E-state index contributed by atoms with van der Waals surface area (Å²) in [6.45, 7) is 0. The number of nitrogens with zero attached hydrogens (tertiary/aromatic N) is 2. The third-order valence-corrected chi connectivity index (χ3v) is 4.25. The standard InChI is InChI=1S/C17H14N4O3S/c1-21-17(24)13-7-3-2-6-12(13)15(20-21)16(23)19-18-14(22)9-8-11-5-4-10-25-11/h2-10H,1H3,(H,18,22)(H,19,23)/b9-8+. The SMILES string of the molecule is Cn1nc(C(=O)NNC(=O)/C=C/c2cccs2)c2ccccc2c1=O. The zero-order valence-electron chi connectivity index (χ0n) is 13.2. The Morgan fingerprint density at radius 3 is 2.60 bits per heavy atom. The van der Waals surface area contributed by atoms with Gasteiger partial charge in [0.1, 0.15) is 0 Å². The fraction of sp³-hybridized carbons (Fsp3) is 0.0588. The molecule has 3 rings (SSSR count). The molecule has 0 atom stereocenters. The van der Waals surface area contributed by atoms with E-state index in [4.69, 9.17) is 0 Å². The lowest BCUT2D eigenvalue weighted by molar-refractivity contribution is -0.117. The predicted molar refractivity (Wildman–Crippen MR) is 95.9 cm³/mol. The molecule has 3 aromatic rings. The van der Waals surface area contributed by atoms with Crippen molar-refractivity contribution in [2.75, 3.05) is 0 Å². The summed E-state index contributed by atoms with van der Waals surface area (Å²) in [7, 11) is 1.47. The van der Waals surface area contributed by atoms with Crippen LogP contribution in [0.4, 0.5) is 0 Å². The van der Waals surface area contributed by atoms with E-state index in [0.717, 1.165) is 9.56 Å². The Morgan fingerprint density at radius 2 is 1.88 bits per heavy atom. The number of amides is 2. The average molecular weight is 354 g/mol. The summed E-state index contributed by atoms with van der Waals surface area (Å²) < 4.78 is 1.09. The number of carbonyl (C=O) groups excluding carboxylic acids is 2. The molecule has 0 aliphatic carbocycles. The van der Waals surface area contributed by atoms with Gasteiger partial charge in [0.25, 0.3) is 17.4 Å². The number of thiophene rings is 1. The van der Waals surface area contributed by atoms with E-state index in [-0.39, 0.29) is 11.3 Å². The largest absolute Gasteiger partial charge is 0.290 e. The normalized spacial score (nSPS) is 10.9. The quantitative estimate of drug-likeness (QED) is 0.550. The molecule has 2 aromatic heterocycles. The number of carbonyl (C=O) groups is 2. The molecular formula is C17H14N4O3S. The molecule has 0 radical (unpaired) electrons. The van der Waals surface area contributed by atoms with Crippen molar-refractivity contribution in [3.63, 3.8) is 0 Å². The summed E-state index contributed by atoms with van der Waals surface area (Å²) >= 11 is 1.49. The monoisotopic (exact) mass is 354 g/mol. The van der Waals surface area contributed by atoms with Crippen LogP contribution in [0.1, 0.15) is 15.4 Å². The van der Waals surface area contributed by atoms with E-state index in [0.29, 0.717) is 10.8 Å². The average Bonchev–Trinajstić information content (AvgIpc) is 3.14. The van der Waals surface area contributed by atoms with E-state index >= 15 is 0 Å². The Morgan fingerprint density at radius 1 is 1.12 bits per heavy atom. The zero-order chi connectivity index (χ0) is 17.8. The lowest BCUT2D eigenvalue weighted by Crippen LogP contribution is -2.42. The summed E-state index contributed by atoms with van der Waals surface area (Å²) in [5.74, 6) is -1.08. The van der Waals surface area contributed by atoms with Crippen LogP contribution in [-0.4, -0.2) is 21.6 Å². The molecule has 0 aliphatic heterocycles. The Labute approximate surface area is 146 Å². The molecular weight excluding hydrogens is 340 g/mol. The van der Waals surface area contributed by atoms with Gasteiger partial charge in [0.2, 0.25) is 0 Å². The minimum Gasteiger partial charge on any atom is -0.268 e. The number of hydrogen-bond donors (Lipinski definition) is 2. The highest BCUT2D eigenvalue weighted by molar-refractivity contribution is 7.10. The van der Waals surface area contributed by atoms with Gasteiger partial charge in [-0.25, -0.2) is 4.68 Å². The van der Waals surface area contributed by atoms with Crippen molar-refractivity contribution in [2.45, 2.75) is 0 Å². The molecule has 2 amide bonds. The maximum atomic E-state index is 12.3. The molecule has 25 heavy (non-hydrogen) atoms. The lowest BCUT2D eigenvalue weighted by atomic mass is 10.1. The molecule has 2 N–H and O–H groups in total. The molecule has 126 valence electrons. The molecule has 7 nitrogen and oxygen atoms in total. The summed E-state index contributed by atoms with van der Waals surface area (Å²) in [6.07, 6.45) is 2.96. The van der Waals surface area contributed by atoms with E-state index in [1.54, 1.807) is 30.3 Å². The topological polar surface area (TPSA) is 93.1 Å². The van der Waals surface area contributed by atoms with Crippen LogP contribution in [0, 0.1) is 0 Å². The second-order valence-corrected chi connectivity index (χ2v) is 6.09. The first-order chi connectivity index (χ1) is 12.1. The van der Waals surface area contributed by atoms with Crippen molar-refractivity contribution in [2.24, 2.45) is 7.05 Å². The summed E-state index contributed by atoms with van der Waals surface area (Å²) in [5.41, 5.74) is 4.36. The third-order valence-electron chi connectivity index (χ3n) is 3.41. The van der Waals surface area contributed by atoms with Crippen LogP contribution in [0.5, 0.6) is 0 Å². The fourth-order valence-electron chi connectivity index (χ4n) is 2.23. The third kappa shape index (κ3) is 3.64. The van der Waals surface area contributed by atoms with Crippen molar-refractivity contribution < 1.29 is 9.59 Å². The van der Waals surface area contributed by atoms with Crippen LogP contribution >= 0.6 is 11.3 Å². The molecule has 0 saturated heterocycles. The summed E-state index contributed by atoms with van der Waals surface area (Å²) in [6, 6.07) is 10.4.